The molecule has 2 N–H and O–H groups in total. The maximum absolute atomic E-state index is 12.3. The number of unbranched alkanes of at least 4 members (excludes halogenated alkanes) is 10. The molecule has 0 saturated heterocycles. The first kappa shape index (κ1) is 86.0. The van der Waals surface area contributed by atoms with Gasteiger partial charge in [-0.2, -0.15) is 0 Å². The Balaban J connectivity index is 0.000000111. The number of rotatable bonds is 30. The first-order valence-electron chi connectivity index (χ1n) is 49.2. The zero-order valence-corrected chi connectivity index (χ0v) is 79.6. The van der Waals surface area contributed by atoms with Crippen LogP contribution in [0.2, 0.25) is 0 Å². The van der Waals surface area contributed by atoms with Crippen LogP contribution in [0.25, 0.3) is 0 Å². The van der Waals surface area contributed by atoms with Gasteiger partial charge in [-0.15, -0.1) is 47.3 Å². The Hall–Kier alpha value is -5.08. The van der Waals surface area contributed by atoms with E-state index in [0.717, 1.165) is 166 Å². The Labute approximate surface area is 764 Å². The number of aromatic hydroxyl groups is 2. The summed E-state index contributed by atoms with van der Waals surface area (Å²) >= 11 is 14.4. The number of esters is 2. The molecule has 6 spiro atoms. The molecule has 0 heterocycles. The molecule has 14 heteroatoms. The molecule has 0 aromatic heterocycles. The average molecular weight is 1880 g/mol. The molecule has 0 amide bonds. The van der Waals surface area contributed by atoms with Gasteiger partial charge >= 0.3 is 15.1 Å². The van der Waals surface area contributed by atoms with E-state index < -0.39 is 0 Å². The zero-order valence-electron chi connectivity index (χ0n) is 74.1. The van der Waals surface area contributed by atoms with Crippen molar-refractivity contribution in [2.45, 2.75) is 318 Å². The molecule has 0 radical (unpaired) electrons. The summed E-state index contributed by atoms with van der Waals surface area (Å²) < 4.78 is 23.8. The van der Waals surface area contributed by atoms with Crippen molar-refractivity contribution >= 4 is 79.2 Å². The maximum atomic E-state index is 12.3. The monoisotopic (exact) mass is 1870 g/mol. The van der Waals surface area contributed by atoms with Crippen LogP contribution in [-0.2, 0) is 46.9 Å². The van der Waals surface area contributed by atoms with Gasteiger partial charge in [-0.25, -0.2) is 0 Å². The molecule has 0 aliphatic heterocycles. The lowest BCUT2D eigenvalue weighted by Gasteiger charge is -2.91. The smallest absolute Gasteiger partial charge is 0.369 e. The van der Waals surface area contributed by atoms with Crippen molar-refractivity contribution in [1.82, 2.24) is 0 Å². The van der Waals surface area contributed by atoms with Crippen LogP contribution in [-0.4, -0.2) is 43.8 Å². The summed E-state index contributed by atoms with van der Waals surface area (Å²) in [4.78, 5) is 34.6. The van der Waals surface area contributed by atoms with E-state index in [9.17, 15) is 24.6 Å². The van der Waals surface area contributed by atoms with Gasteiger partial charge in [0, 0.05) is 19.3 Å². The Morgan fingerprint density at radius 3 is 0.813 bits per heavy atom. The predicted molar refractivity (Wildman–Crippen MR) is 503 cm³/mol. The normalized spacial score (nSPS) is 39.8. The number of carbonyl (C=O) groups is 3. The van der Waals surface area contributed by atoms with E-state index in [-0.39, 0.29) is 20.4 Å². The maximum Gasteiger partial charge on any atom is 0.369 e. The van der Waals surface area contributed by atoms with Crippen LogP contribution in [0.15, 0.2) is 146 Å². The molecule has 33 rings (SSSR count). The van der Waals surface area contributed by atoms with E-state index in [2.05, 4.69) is 203 Å². The number of phenolic OH excluding ortho intramolecular Hbond substituents is 2. The van der Waals surface area contributed by atoms with Gasteiger partial charge in [-0.3, -0.25) is 14.4 Å². The Morgan fingerprint density at radius 2 is 0.553 bits per heavy atom. The highest BCUT2D eigenvalue weighted by atomic mass is 79.9. The number of benzene rings is 6. The van der Waals surface area contributed by atoms with Gasteiger partial charge in [0.2, 0.25) is 5.24 Å². The number of halogens is 4. The van der Waals surface area contributed by atoms with Crippen LogP contribution < -0.4 is 18.9 Å². The zero-order chi connectivity index (χ0) is 85.0. The number of hydrogen-bond donors (Lipinski definition) is 2. The highest BCUT2D eigenvalue weighted by molar-refractivity contribution is 9.69. The van der Waals surface area contributed by atoms with Crippen molar-refractivity contribution in [2.75, 3.05) is 13.2 Å². The molecule has 6 aromatic rings. The summed E-state index contributed by atoms with van der Waals surface area (Å²) in [7, 11) is 0. The Bertz CT molecular complexity index is 4730. The van der Waals surface area contributed by atoms with Gasteiger partial charge in [-0.1, -0.05) is 172 Å². The van der Waals surface area contributed by atoms with Crippen molar-refractivity contribution in [1.29, 1.82) is 0 Å². The third-order valence-corrected chi connectivity index (χ3v) is 39.5. The third-order valence-electron chi connectivity index (χ3n) is 39.3. The van der Waals surface area contributed by atoms with Crippen LogP contribution in [0.1, 0.15) is 318 Å². The van der Waals surface area contributed by atoms with Crippen molar-refractivity contribution in [3.8, 4) is 34.5 Å². The minimum absolute atomic E-state index is 0.102. The minimum Gasteiger partial charge on any atom is -0.508 e. The highest BCUT2D eigenvalue weighted by Crippen LogP contribution is 2.97. The fourth-order valence-corrected chi connectivity index (χ4v) is 36.3. The van der Waals surface area contributed by atoms with Gasteiger partial charge in [-0.05, 0) is 421 Å². The molecule has 27 aliphatic carbocycles. The van der Waals surface area contributed by atoms with Crippen molar-refractivity contribution in [3.63, 3.8) is 0 Å². The summed E-state index contributed by atoms with van der Waals surface area (Å²) in [5.41, 5.74) is 15.2. The molecule has 6 unspecified atom stereocenters. The van der Waals surface area contributed by atoms with Gasteiger partial charge < -0.3 is 29.2 Å². The molecule has 9 nitrogen and oxygen atoms in total. The average Bonchev–Trinajstić information content (AvgIpc) is 0.624. The van der Waals surface area contributed by atoms with Crippen LogP contribution >= 0.6 is 58.9 Å². The minimum atomic E-state index is -0.210. The molecule has 27 saturated carbocycles. The van der Waals surface area contributed by atoms with Crippen LogP contribution in [0.3, 0.4) is 0 Å². The third kappa shape index (κ3) is 13.7. The molecule has 24 bridgehead atoms. The molecular formula is C109H135BBr3ClO9. The van der Waals surface area contributed by atoms with E-state index in [4.69, 9.17) is 30.5 Å². The van der Waals surface area contributed by atoms with Crippen LogP contribution in [0, 0.1) is 104 Å². The fourth-order valence-electron chi connectivity index (χ4n) is 36.2. The number of carbonyl (C=O) groups excluding carboxylic acids is 3. The van der Waals surface area contributed by atoms with Gasteiger partial charge in [0.05, 0.1) is 13.2 Å². The standard InChI is InChI=1S/C39H48O4.C37H48O2.C27H28O2.C6H11ClO.BBr3/c1-3-5-7-9-34(40)42-28-15-11-26(12-16-28)36-20-31-30-19-37(23-38(31)25-39(24-37,32(30)21-36)33(38)22-36)27-13-17-29(18-14-27)43-35(41)10-8-6-4-2;1-3-5-7-17-38-28-13-9-26(10-14-28)34-20-31-30-19-35(27-11-15-29(16-12-27)39-18-8-6-4-2)23-36(31)25-37(24-35,32(30)21-34)33(36)22-34;28-18-5-1-16(2-6-18)24-10-21-20-9-25(17-3-7-19(29)8-4-17)13-26(21)15-27(14-25,22(20)11-24)23(26)12-24;1-2-3-4-5-6(7)8;2-1(3)4/h11-18,30-33H,3-10,19-25H2,1-2H3;9-16,30-33H,3-8,17-25H2,1-2H3;1-8,20-23,28-29H,9-15H2;2-5H2,1H3;/t30?,31-,32-,33?,36?,37?,38?,39?;30?,31-,32-,33?,34?,35?,36?,37?;20?,21-,22-,23?,24?,25?,26?,27?;;/m111../s1. The van der Waals surface area contributed by atoms with Crippen LogP contribution in [0.5, 0.6) is 34.5 Å². The molecule has 656 valence electrons. The van der Waals surface area contributed by atoms with E-state index in [1.165, 1.54) is 176 Å². The summed E-state index contributed by atoms with van der Waals surface area (Å²) in [6, 6.07) is 52.9. The van der Waals surface area contributed by atoms with Gasteiger partial charge in [0.1, 0.15) is 34.5 Å². The second-order valence-corrected chi connectivity index (χ2v) is 51.5. The largest absolute Gasteiger partial charge is 0.508 e. The first-order chi connectivity index (χ1) is 59.4. The van der Waals surface area contributed by atoms with Crippen molar-refractivity contribution in [2.24, 2.45) is 104 Å². The lowest BCUT2D eigenvalue weighted by molar-refractivity contribution is -0.399. The van der Waals surface area contributed by atoms with Crippen molar-refractivity contribution in [3.05, 3.63) is 179 Å². The molecule has 123 heavy (non-hydrogen) atoms. The fraction of sp³-hybridized carbons (Fsp3) is 0.642. The molecule has 27 fully saturated rings. The van der Waals surface area contributed by atoms with Crippen LogP contribution in [0.4, 0.5) is 0 Å². The van der Waals surface area contributed by atoms with Gasteiger partial charge in [0.25, 0.3) is 0 Å². The quantitative estimate of drug-likeness (QED) is 0.0149. The van der Waals surface area contributed by atoms with E-state index in [0.29, 0.717) is 107 Å². The summed E-state index contributed by atoms with van der Waals surface area (Å²) in [6.07, 6.45) is 48.1. The molecule has 6 aromatic carbocycles. The lowest BCUT2D eigenvalue weighted by Crippen LogP contribution is -2.85. The molecule has 27 aliphatic rings. The molecular weight excluding hydrogens is 1740 g/mol. The second-order valence-electron chi connectivity index (χ2n) is 44.6. The summed E-state index contributed by atoms with van der Waals surface area (Å²) in [5, 5.41) is 19.4. The topological polar surface area (TPSA) is 129 Å². The van der Waals surface area contributed by atoms with E-state index in [1.54, 1.807) is 17.5 Å². The summed E-state index contributed by atoms with van der Waals surface area (Å²) in [5.74, 6) is 15.2. The summed E-state index contributed by atoms with van der Waals surface area (Å²) in [6.45, 7) is 12.6. The van der Waals surface area contributed by atoms with E-state index >= 15 is 0 Å². The lowest BCUT2D eigenvalue weighted by atomic mass is 9.13. The predicted octanol–water partition coefficient (Wildman–Crippen LogP) is 28.3. The Kier molecular flexibility index (Phi) is 22.7. The van der Waals surface area contributed by atoms with Gasteiger partial charge in [0.15, 0.2) is 0 Å². The number of phenols is 2. The highest BCUT2D eigenvalue weighted by Gasteiger charge is 2.90. The SMILES string of the molecule is BrB(Br)Br.CCCCCC(=O)Cl.CCCCCC(=O)Oc1ccc(C23CC4C56CC7(c8ccc(OC(=O)CCCCC)cc8)CC([C@H]5C2)[C@@H](C3)C4(C7)C6)cc1.CCCCCOc1ccc(C23CC4C56CC7(c8ccc(OCCCCC)cc8)CC([C@H]5C2)[C@@H](C3)C4(C7)C6)cc1.Oc1ccc(C23CC4C56CC7(c8ccc(O)cc8)CC([C@H]5C2)[C@@H](C3)C4(C7)C6)cc1. The first-order valence-corrected chi connectivity index (χ1v) is 52.3. The number of ether oxygens (including phenoxy) is 4. The Morgan fingerprint density at radius 1 is 0.317 bits per heavy atom. The van der Waals surface area contributed by atoms with Crippen molar-refractivity contribution < 1.29 is 43.5 Å². The molecule has 12 atom stereocenters. The number of hydrogen-bond acceptors (Lipinski definition) is 9. The second kappa shape index (κ2) is 32.5. The van der Waals surface area contributed by atoms with E-state index in [1.807, 2.05) is 24.3 Å².